The summed E-state index contributed by atoms with van der Waals surface area (Å²) in [7, 11) is 0. The smallest absolute Gasteiger partial charge is 0.332 e. The fourth-order valence-corrected chi connectivity index (χ4v) is 4.29. The van der Waals surface area contributed by atoms with E-state index in [1.807, 2.05) is 41.5 Å². The summed E-state index contributed by atoms with van der Waals surface area (Å²) in [5, 5.41) is 0. The van der Waals surface area contributed by atoms with Gasteiger partial charge >= 0.3 is 11.9 Å². The molecule has 26 heavy (non-hydrogen) atoms. The van der Waals surface area contributed by atoms with Crippen molar-refractivity contribution in [3.63, 3.8) is 0 Å². The molecule has 0 aromatic carbocycles. The van der Waals surface area contributed by atoms with Crippen molar-refractivity contribution in [2.45, 2.75) is 97.4 Å². The Morgan fingerprint density at radius 1 is 0.846 bits per heavy atom. The molecule has 2 aliphatic carbocycles. The van der Waals surface area contributed by atoms with E-state index < -0.39 is 11.2 Å². The van der Waals surface area contributed by atoms with E-state index in [2.05, 4.69) is 0 Å². The van der Waals surface area contributed by atoms with Gasteiger partial charge in [0.25, 0.3) is 0 Å². The molecule has 0 heterocycles. The molecule has 150 valence electrons. The van der Waals surface area contributed by atoms with Crippen LogP contribution in [-0.4, -0.2) is 35.9 Å². The number of ether oxygens (including phenoxy) is 3. The molecule has 0 amide bonds. The van der Waals surface area contributed by atoms with Gasteiger partial charge in [0.15, 0.2) is 0 Å². The molecule has 0 N–H and O–H groups in total. The quantitative estimate of drug-likeness (QED) is 0.694. The summed E-state index contributed by atoms with van der Waals surface area (Å²) in [6.45, 7) is 11.1. The van der Waals surface area contributed by atoms with Gasteiger partial charge in [-0.2, -0.15) is 0 Å². The van der Waals surface area contributed by atoms with E-state index >= 15 is 0 Å². The number of carbonyl (C=O) groups is 2. The minimum atomic E-state index is -0.537. The number of esters is 2. The normalized spacial score (nSPS) is 29.6. The van der Waals surface area contributed by atoms with Gasteiger partial charge in [-0.1, -0.05) is 19.3 Å². The van der Waals surface area contributed by atoms with E-state index in [1.165, 1.54) is 12.8 Å². The molecule has 0 radical (unpaired) electrons. The monoisotopic (exact) mass is 368 g/mol. The van der Waals surface area contributed by atoms with Crippen molar-refractivity contribution >= 4 is 11.9 Å². The Bertz CT molecular complexity index is 500. The number of rotatable bonds is 4. The number of hydrogen-bond donors (Lipinski definition) is 0. The first-order chi connectivity index (χ1) is 12.0. The fourth-order valence-electron chi connectivity index (χ4n) is 4.29. The standard InChI is InChI=1S/C21H36O5/c1-20(2,3)25-17(22)13-24-18-15-10-8-7-9-14(15)11-12-16(18)19(23)26-21(4,5)6/h14-16,18H,7-13H2,1-6H3. The first kappa shape index (κ1) is 21.2. The lowest BCUT2D eigenvalue weighted by Crippen LogP contribution is -2.47. The van der Waals surface area contributed by atoms with Crippen molar-refractivity contribution in [1.82, 2.24) is 0 Å². The highest BCUT2D eigenvalue weighted by atomic mass is 16.6. The van der Waals surface area contributed by atoms with Crippen LogP contribution in [0.5, 0.6) is 0 Å². The van der Waals surface area contributed by atoms with Crippen LogP contribution in [0.1, 0.15) is 80.1 Å². The summed E-state index contributed by atoms with van der Waals surface area (Å²) >= 11 is 0. The minimum absolute atomic E-state index is 0.107. The summed E-state index contributed by atoms with van der Waals surface area (Å²) in [4.78, 5) is 24.9. The Kier molecular flexibility index (Phi) is 6.75. The largest absolute Gasteiger partial charge is 0.460 e. The zero-order valence-electron chi connectivity index (χ0n) is 17.3. The van der Waals surface area contributed by atoms with Gasteiger partial charge in [-0.3, -0.25) is 4.79 Å². The summed E-state index contributed by atoms with van der Waals surface area (Å²) in [6, 6.07) is 0. The molecule has 0 aromatic rings. The Labute approximate surface area is 158 Å². The second-order valence-electron chi connectivity index (χ2n) is 9.79. The summed E-state index contributed by atoms with van der Waals surface area (Å²) in [5.41, 5.74) is -1.05. The predicted octanol–water partition coefficient (Wildman–Crippen LogP) is 4.27. The van der Waals surface area contributed by atoms with Gasteiger partial charge in [0.1, 0.15) is 17.8 Å². The zero-order valence-corrected chi connectivity index (χ0v) is 17.3. The van der Waals surface area contributed by atoms with Crippen LogP contribution in [0, 0.1) is 17.8 Å². The molecule has 0 spiro atoms. The van der Waals surface area contributed by atoms with E-state index in [4.69, 9.17) is 14.2 Å². The van der Waals surface area contributed by atoms with Gasteiger partial charge in [-0.15, -0.1) is 0 Å². The van der Waals surface area contributed by atoms with Crippen molar-refractivity contribution in [3.8, 4) is 0 Å². The van der Waals surface area contributed by atoms with Crippen LogP contribution < -0.4 is 0 Å². The van der Waals surface area contributed by atoms with E-state index in [0.29, 0.717) is 11.8 Å². The van der Waals surface area contributed by atoms with Crippen molar-refractivity contribution in [2.24, 2.45) is 17.8 Å². The van der Waals surface area contributed by atoms with E-state index in [0.717, 1.165) is 25.7 Å². The van der Waals surface area contributed by atoms with Crippen molar-refractivity contribution in [2.75, 3.05) is 6.61 Å². The zero-order chi connectivity index (χ0) is 19.5. The molecule has 2 rings (SSSR count). The van der Waals surface area contributed by atoms with Gasteiger partial charge < -0.3 is 14.2 Å². The van der Waals surface area contributed by atoms with Gasteiger partial charge in [-0.25, -0.2) is 4.79 Å². The highest BCUT2D eigenvalue weighted by molar-refractivity contribution is 5.74. The van der Waals surface area contributed by atoms with Crippen LogP contribution in [0.3, 0.4) is 0 Å². The Balaban J connectivity index is 2.07. The van der Waals surface area contributed by atoms with Crippen molar-refractivity contribution < 1.29 is 23.8 Å². The molecule has 4 unspecified atom stereocenters. The lowest BCUT2D eigenvalue weighted by molar-refractivity contribution is -0.182. The molecule has 2 aliphatic rings. The number of fused-ring (bicyclic) bond motifs is 1. The maximum absolute atomic E-state index is 12.8. The van der Waals surface area contributed by atoms with Crippen LogP contribution in [0.25, 0.3) is 0 Å². The van der Waals surface area contributed by atoms with Gasteiger partial charge in [0, 0.05) is 0 Å². The summed E-state index contributed by atoms with van der Waals surface area (Å²) in [6.07, 6.45) is 6.22. The minimum Gasteiger partial charge on any atom is -0.460 e. The van der Waals surface area contributed by atoms with Crippen LogP contribution in [0.15, 0.2) is 0 Å². The molecular weight excluding hydrogens is 332 g/mol. The van der Waals surface area contributed by atoms with Crippen LogP contribution in [0.2, 0.25) is 0 Å². The molecule has 5 nitrogen and oxygen atoms in total. The van der Waals surface area contributed by atoms with Gasteiger partial charge in [0.05, 0.1) is 12.0 Å². The maximum atomic E-state index is 12.8. The Hall–Kier alpha value is -1.10. The van der Waals surface area contributed by atoms with Crippen LogP contribution in [0.4, 0.5) is 0 Å². The number of hydrogen-bond acceptors (Lipinski definition) is 5. The average molecular weight is 369 g/mol. The molecule has 5 heteroatoms. The third-order valence-electron chi connectivity index (χ3n) is 5.16. The van der Waals surface area contributed by atoms with Gasteiger partial charge in [0.2, 0.25) is 0 Å². The molecule has 0 saturated heterocycles. The van der Waals surface area contributed by atoms with Crippen molar-refractivity contribution in [1.29, 1.82) is 0 Å². The highest BCUT2D eigenvalue weighted by Crippen LogP contribution is 2.44. The second-order valence-corrected chi connectivity index (χ2v) is 9.79. The summed E-state index contributed by atoms with van der Waals surface area (Å²) < 4.78 is 17.0. The lowest BCUT2D eigenvalue weighted by atomic mass is 9.65. The Morgan fingerprint density at radius 2 is 1.46 bits per heavy atom. The molecule has 2 fully saturated rings. The molecule has 4 atom stereocenters. The number of carbonyl (C=O) groups excluding carboxylic acids is 2. The SMILES string of the molecule is CC(C)(C)OC(=O)COC1C(C(=O)OC(C)(C)C)CCC2CCCCC21. The van der Waals surface area contributed by atoms with Crippen LogP contribution in [-0.2, 0) is 23.8 Å². The van der Waals surface area contributed by atoms with E-state index in [-0.39, 0.29) is 30.6 Å². The van der Waals surface area contributed by atoms with E-state index in [9.17, 15) is 9.59 Å². The van der Waals surface area contributed by atoms with Crippen LogP contribution >= 0.6 is 0 Å². The predicted molar refractivity (Wildman–Crippen MR) is 99.6 cm³/mol. The molecule has 0 bridgehead atoms. The molecular formula is C21H36O5. The third kappa shape index (κ3) is 6.26. The van der Waals surface area contributed by atoms with Gasteiger partial charge in [-0.05, 0) is 72.6 Å². The third-order valence-corrected chi connectivity index (χ3v) is 5.16. The molecule has 0 aromatic heterocycles. The Morgan fingerprint density at radius 3 is 2.08 bits per heavy atom. The maximum Gasteiger partial charge on any atom is 0.332 e. The highest BCUT2D eigenvalue weighted by Gasteiger charge is 2.45. The second kappa shape index (κ2) is 8.28. The first-order valence-corrected chi connectivity index (χ1v) is 10.0. The molecule has 0 aliphatic heterocycles. The summed E-state index contributed by atoms with van der Waals surface area (Å²) in [5.74, 6) is 0.0497. The topological polar surface area (TPSA) is 61.8 Å². The van der Waals surface area contributed by atoms with E-state index in [1.54, 1.807) is 0 Å². The first-order valence-electron chi connectivity index (χ1n) is 10.0. The lowest BCUT2D eigenvalue weighted by Gasteiger charge is -2.44. The average Bonchev–Trinajstić information content (AvgIpc) is 2.49. The van der Waals surface area contributed by atoms with Crippen molar-refractivity contribution in [3.05, 3.63) is 0 Å². The fraction of sp³-hybridized carbons (Fsp3) is 0.905. The molecule has 2 saturated carbocycles.